The fourth-order valence-electron chi connectivity index (χ4n) is 9.51. The van der Waals surface area contributed by atoms with E-state index in [1.165, 1.54) is 49.0 Å². The molecule has 0 spiro atoms. The summed E-state index contributed by atoms with van der Waals surface area (Å²) >= 11 is 0. The van der Waals surface area contributed by atoms with Crippen LogP contribution in [0, 0.1) is 0 Å². The molecule has 5 heteroatoms. The van der Waals surface area contributed by atoms with Crippen molar-refractivity contribution in [3.63, 3.8) is 0 Å². The lowest BCUT2D eigenvalue weighted by molar-refractivity contribution is 0.334. The maximum atomic E-state index is 5.33. The van der Waals surface area contributed by atoms with E-state index in [9.17, 15) is 0 Å². The molecule has 3 aromatic heterocycles. The second-order valence-corrected chi connectivity index (χ2v) is 16.7. The van der Waals surface area contributed by atoms with Gasteiger partial charge in [0, 0.05) is 38.4 Å². The van der Waals surface area contributed by atoms with Crippen molar-refractivity contribution in [2.45, 2.75) is 51.4 Å². The van der Waals surface area contributed by atoms with Gasteiger partial charge in [-0.3, -0.25) is 4.57 Å². The third-order valence-corrected chi connectivity index (χ3v) is 12.4. The number of rotatable bonds is 4. The quantitative estimate of drug-likeness (QED) is 0.182. The molecule has 0 radical (unpaired) electrons. The van der Waals surface area contributed by atoms with E-state index in [4.69, 9.17) is 15.0 Å². The molecule has 0 saturated heterocycles. The van der Waals surface area contributed by atoms with Crippen LogP contribution in [-0.4, -0.2) is 24.1 Å². The predicted octanol–water partition coefficient (Wildman–Crippen LogP) is 12.9. The Balaban J connectivity index is 1.35. The molecule has 0 aliphatic heterocycles. The van der Waals surface area contributed by atoms with Crippen LogP contribution >= 0.6 is 0 Å². The van der Waals surface area contributed by atoms with Crippen LogP contribution in [0.4, 0.5) is 0 Å². The van der Waals surface area contributed by atoms with Gasteiger partial charge < -0.3 is 4.57 Å². The number of nitrogens with zero attached hydrogens (tertiary/aromatic N) is 5. The Hall–Kier alpha value is -6.59. The van der Waals surface area contributed by atoms with Gasteiger partial charge in [-0.1, -0.05) is 143 Å². The minimum atomic E-state index is -0.0351. The second kappa shape index (κ2) is 12.0. The van der Waals surface area contributed by atoms with Crippen LogP contribution in [0.25, 0.3) is 88.8 Å². The average molecular weight is 724 g/mol. The van der Waals surface area contributed by atoms with E-state index in [1.807, 2.05) is 36.4 Å². The lowest BCUT2D eigenvalue weighted by atomic mass is 9.62. The first kappa shape index (κ1) is 32.8. The summed E-state index contributed by atoms with van der Waals surface area (Å²) in [5.41, 5.74) is 10.4. The molecule has 1 aliphatic rings. The van der Waals surface area contributed by atoms with Gasteiger partial charge in [0.15, 0.2) is 11.6 Å². The van der Waals surface area contributed by atoms with Gasteiger partial charge in [-0.05, 0) is 82.0 Å². The van der Waals surface area contributed by atoms with Gasteiger partial charge >= 0.3 is 0 Å². The van der Waals surface area contributed by atoms with Crippen LogP contribution in [0.1, 0.15) is 51.7 Å². The summed E-state index contributed by atoms with van der Waals surface area (Å²) in [5, 5.41) is 7.52. The first-order valence-electron chi connectivity index (χ1n) is 19.7. The number of para-hydroxylation sites is 1. The number of hydrogen-bond acceptors (Lipinski definition) is 3. The molecular weight excluding hydrogens is 683 g/mol. The Bertz CT molecular complexity index is 3110. The smallest absolute Gasteiger partial charge is 0.238 e. The molecule has 56 heavy (non-hydrogen) atoms. The summed E-state index contributed by atoms with van der Waals surface area (Å²) < 4.78 is 4.74. The summed E-state index contributed by atoms with van der Waals surface area (Å²) in [5.74, 6) is 1.90. The fourth-order valence-corrected chi connectivity index (χ4v) is 9.51. The fraction of sp³-hybridized carbons (Fsp3) is 0.157. The highest BCUT2D eigenvalue weighted by atomic mass is 15.2. The summed E-state index contributed by atoms with van der Waals surface area (Å²) in [6, 6.07) is 54.2. The number of hydrogen-bond donors (Lipinski definition) is 0. The minimum Gasteiger partial charge on any atom is -0.309 e. The molecule has 10 aromatic rings. The van der Waals surface area contributed by atoms with Crippen molar-refractivity contribution >= 4 is 54.4 Å². The van der Waals surface area contributed by atoms with E-state index >= 15 is 0 Å². The van der Waals surface area contributed by atoms with Crippen molar-refractivity contribution in [1.82, 2.24) is 24.1 Å². The zero-order valence-corrected chi connectivity index (χ0v) is 32.1. The Kier molecular flexibility index (Phi) is 7.00. The van der Waals surface area contributed by atoms with Gasteiger partial charge in [0.1, 0.15) is 0 Å². The molecule has 0 saturated carbocycles. The topological polar surface area (TPSA) is 48.5 Å². The van der Waals surface area contributed by atoms with Crippen LogP contribution in [0.2, 0.25) is 0 Å². The molecule has 1 aliphatic carbocycles. The van der Waals surface area contributed by atoms with Gasteiger partial charge in [-0.15, -0.1) is 0 Å². The second-order valence-electron chi connectivity index (χ2n) is 16.7. The van der Waals surface area contributed by atoms with Crippen molar-refractivity contribution in [3.05, 3.63) is 163 Å². The highest BCUT2D eigenvalue weighted by molar-refractivity contribution is 6.25. The largest absolute Gasteiger partial charge is 0.309 e. The van der Waals surface area contributed by atoms with E-state index in [1.54, 1.807) is 0 Å². The minimum absolute atomic E-state index is 0.0351. The maximum Gasteiger partial charge on any atom is 0.238 e. The summed E-state index contributed by atoms with van der Waals surface area (Å²) in [4.78, 5) is 15.7. The SMILES string of the molecule is CC1(C)CCC(C)(C)c2c1ccc1c2c2cc3c4c5ccccc5ccc4n(-c4ccccc4)c3cc2n1-c1nc(-c2ccccc2)nc(-c2ccccc2)n1. The Morgan fingerprint density at radius 1 is 0.446 bits per heavy atom. The first-order valence-corrected chi connectivity index (χ1v) is 19.7. The van der Waals surface area contributed by atoms with E-state index in [2.05, 4.69) is 152 Å². The van der Waals surface area contributed by atoms with Crippen LogP contribution in [-0.2, 0) is 10.8 Å². The van der Waals surface area contributed by atoms with Crippen molar-refractivity contribution in [2.75, 3.05) is 0 Å². The molecule has 7 aromatic carbocycles. The van der Waals surface area contributed by atoms with Crippen LogP contribution < -0.4 is 0 Å². The molecule has 0 atom stereocenters. The third kappa shape index (κ3) is 4.83. The summed E-state index contributed by atoms with van der Waals surface area (Å²) in [7, 11) is 0. The molecule has 11 rings (SSSR count). The van der Waals surface area contributed by atoms with Gasteiger partial charge in [0.05, 0.1) is 22.1 Å². The van der Waals surface area contributed by atoms with Gasteiger partial charge in [-0.25, -0.2) is 4.98 Å². The molecular formula is C51H41N5. The maximum absolute atomic E-state index is 5.33. The molecule has 3 heterocycles. The number of aromatic nitrogens is 5. The van der Waals surface area contributed by atoms with Gasteiger partial charge in [0.2, 0.25) is 5.95 Å². The highest BCUT2D eigenvalue weighted by Crippen LogP contribution is 2.51. The summed E-state index contributed by atoms with van der Waals surface area (Å²) in [6.07, 6.45) is 2.26. The lowest BCUT2D eigenvalue weighted by Crippen LogP contribution is -2.34. The predicted molar refractivity (Wildman–Crippen MR) is 232 cm³/mol. The lowest BCUT2D eigenvalue weighted by Gasteiger charge is -2.42. The molecule has 0 fully saturated rings. The van der Waals surface area contributed by atoms with Crippen LogP contribution in [0.15, 0.2) is 152 Å². The average Bonchev–Trinajstić information content (AvgIpc) is 3.74. The monoisotopic (exact) mass is 723 g/mol. The Labute approximate surface area is 325 Å². The van der Waals surface area contributed by atoms with E-state index < -0.39 is 0 Å². The zero-order valence-electron chi connectivity index (χ0n) is 32.1. The summed E-state index contributed by atoms with van der Waals surface area (Å²) in [6.45, 7) is 9.68. The highest BCUT2D eigenvalue weighted by Gasteiger charge is 2.39. The van der Waals surface area contributed by atoms with Crippen LogP contribution in [0.5, 0.6) is 0 Å². The Morgan fingerprint density at radius 2 is 1.00 bits per heavy atom. The van der Waals surface area contributed by atoms with Gasteiger partial charge in [-0.2, -0.15) is 9.97 Å². The Morgan fingerprint density at radius 3 is 1.70 bits per heavy atom. The number of benzene rings is 7. The zero-order chi connectivity index (χ0) is 37.8. The van der Waals surface area contributed by atoms with Crippen molar-refractivity contribution < 1.29 is 0 Å². The van der Waals surface area contributed by atoms with Gasteiger partial charge in [0.25, 0.3) is 0 Å². The van der Waals surface area contributed by atoms with Crippen molar-refractivity contribution in [1.29, 1.82) is 0 Å². The number of fused-ring (bicyclic) bond motifs is 10. The first-order chi connectivity index (χ1) is 27.3. The molecule has 5 nitrogen and oxygen atoms in total. The molecule has 0 N–H and O–H groups in total. The normalized spacial score (nSPS) is 14.9. The van der Waals surface area contributed by atoms with Crippen LogP contribution in [0.3, 0.4) is 0 Å². The standard InChI is InChI=1S/C51H41N5/c1-50(2)28-29-51(3,4)46-39(50)25-27-41-45(46)38-30-37-42(55(35-21-12-7-13-22-35)40-26-24-32-16-14-15-23-36(32)44(37)40)31-43(38)56(41)49-53-47(33-17-8-5-9-18-33)52-48(54-49)34-19-10-6-11-20-34/h5-27,30-31H,28-29H2,1-4H3. The molecule has 0 bridgehead atoms. The molecule has 0 unspecified atom stereocenters. The van der Waals surface area contributed by atoms with E-state index in [-0.39, 0.29) is 10.8 Å². The molecule has 0 amide bonds. The van der Waals surface area contributed by atoms with E-state index in [0.29, 0.717) is 17.6 Å². The van der Waals surface area contributed by atoms with Crippen molar-refractivity contribution in [2.24, 2.45) is 0 Å². The molecule has 270 valence electrons. The van der Waals surface area contributed by atoms with Crippen molar-refractivity contribution in [3.8, 4) is 34.4 Å². The van der Waals surface area contributed by atoms with E-state index in [0.717, 1.165) is 46.2 Å². The third-order valence-electron chi connectivity index (χ3n) is 12.4.